The van der Waals surface area contributed by atoms with Gasteiger partial charge in [0.15, 0.2) is 11.6 Å². The van der Waals surface area contributed by atoms with Crippen LogP contribution in [0.4, 0.5) is 0 Å². The van der Waals surface area contributed by atoms with Crippen molar-refractivity contribution in [2.24, 2.45) is 0 Å². The first-order valence-corrected chi connectivity index (χ1v) is 7.48. The first kappa shape index (κ1) is 18.4. The molecule has 20 heavy (non-hydrogen) atoms. The third-order valence-corrected chi connectivity index (χ3v) is 3.12. The van der Waals surface area contributed by atoms with E-state index in [1.54, 1.807) is 0 Å². The fraction of sp³-hybridized carbons (Fsp3) is 0.556. The summed E-state index contributed by atoms with van der Waals surface area (Å²) < 4.78 is 0. The number of rotatable bonds is 13. The number of carbonyl (C=O) groups excluding carboxylic acids is 2. The number of unbranched alkanes of at least 4 members (excludes halogenated alkanes) is 7. The molecule has 0 unspecified atom stereocenters. The molecule has 0 rings (SSSR count). The van der Waals surface area contributed by atoms with Crippen LogP contribution in [0.2, 0.25) is 0 Å². The molecule has 0 bridgehead atoms. The van der Waals surface area contributed by atoms with Crippen LogP contribution in [-0.4, -0.2) is 11.6 Å². The van der Waals surface area contributed by atoms with Gasteiger partial charge in [0.25, 0.3) is 0 Å². The Morgan fingerprint density at radius 1 is 0.650 bits per heavy atom. The topological polar surface area (TPSA) is 34.1 Å². The molecule has 0 heterocycles. The average molecular weight is 274 g/mol. The van der Waals surface area contributed by atoms with Crippen molar-refractivity contribution in [3.8, 4) is 0 Å². The van der Waals surface area contributed by atoms with E-state index >= 15 is 0 Å². The zero-order valence-corrected chi connectivity index (χ0v) is 12.5. The highest BCUT2D eigenvalue weighted by Crippen LogP contribution is 2.11. The Balaban J connectivity index is 3.25. The van der Waals surface area contributed by atoms with Gasteiger partial charge in [-0.25, -0.2) is 0 Å². The van der Waals surface area contributed by atoms with Crippen LogP contribution < -0.4 is 0 Å². The lowest BCUT2D eigenvalue weighted by molar-refractivity contribution is -0.115. The van der Waals surface area contributed by atoms with Crippen LogP contribution in [0.1, 0.15) is 64.2 Å². The summed E-state index contributed by atoms with van der Waals surface area (Å²) in [7, 11) is 0. The maximum Gasteiger partial charge on any atom is 0.163 e. The minimum absolute atomic E-state index is 0.123. The predicted octanol–water partition coefficient (Wildman–Crippen LogP) is 4.71. The van der Waals surface area contributed by atoms with Gasteiger partial charge in [0, 0.05) is 25.0 Å². The fourth-order valence-electron chi connectivity index (χ4n) is 2.03. The monoisotopic (exact) mass is 274 g/mol. The molecule has 0 aromatic carbocycles. The zero-order chi connectivity index (χ0) is 15.1. The van der Waals surface area contributed by atoms with Crippen LogP contribution in [0.5, 0.6) is 0 Å². The van der Waals surface area contributed by atoms with E-state index in [-0.39, 0.29) is 11.6 Å². The summed E-state index contributed by atoms with van der Waals surface area (Å²) in [6, 6.07) is 0. The van der Waals surface area contributed by atoms with Crippen LogP contribution in [0.3, 0.4) is 0 Å². The molecule has 0 aromatic heterocycles. The summed E-state index contributed by atoms with van der Waals surface area (Å²) in [6.07, 6.45) is 13.0. The molecule has 0 aliphatic rings. The second-order valence-electron chi connectivity index (χ2n) is 4.96. The Morgan fingerprint density at radius 2 is 0.950 bits per heavy atom. The van der Waals surface area contributed by atoms with E-state index in [9.17, 15) is 9.59 Å². The Bertz CT molecular complexity index is 342. The SMILES string of the molecule is C=C=CC(=O)CCCCCCCCCCC(=O)C=C=C. The predicted molar refractivity (Wildman–Crippen MR) is 83.6 cm³/mol. The highest BCUT2D eigenvalue weighted by molar-refractivity contribution is 5.89. The molecule has 0 aliphatic heterocycles. The van der Waals surface area contributed by atoms with E-state index in [0.717, 1.165) is 25.7 Å². The zero-order valence-electron chi connectivity index (χ0n) is 12.5. The number of ketones is 2. The van der Waals surface area contributed by atoms with Crippen molar-refractivity contribution in [1.29, 1.82) is 0 Å². The molecule has 0 amide bonds. The molecule has 0 spiro atoms. The first-order chi connectivity index (χ1) is 9.70. The highest BCUT2D eigenvalue weighted by atomic mass is 16.1. The molecule has 0 saturated heterocycles. The maximum absolute atomic E-state index is 11.2. The quantitative estimate of drug-likeness (QED) is 0.277. The molecule has 0 aliphatic carbocycles. The Kier molecular flexibility index (Phi) is 12.7. The number of allylic oxidation sites excluding steroid dienone is 2. The summed E-state index contributed by atoms with van der Waals surface area (Å²) in [5.41, 5.74) is 5.01. The van der Waals surface area contributed by atoms with Crippen LogP contribution >= 0.6 is 0 Å². The van der Waals surface area contributed by atoms with Gasteiger partial charge < -0.3 is 0 Å². The summed E-state index contributed by atoms with van der Waals surface area (Å²) in [5, 5.41) is 0. The lowest BCUT2D eigenvalue weighted by atomic mass is 10.0. The number of hydrogen-bond acceptors (Lipinski definition) is 2. The van der Waals surface area contributed by atoms with E-state index in [1.165, 1.54) is 37.8 Å². The highest BCUT2D eigenvalue weighted by Gasteiger charge is 1.98. The van der Waals surface area contributed by atoms with Crippen LogP contribution in [0.15, 0.2) is 36.8 Å². The van der Waals surface area contributed by atoms with Crippen LogP contribution in [0, 0.1) is 0 Å². The Morgan fingerprint density at radius 3 is 1.25 bits per heavy atom. The Hall–Kier alpha value is -1.62. The van der Waals surface area contributed by atoms with Crippen molar-refractivity contribution in [2.75, 3.05) is 0 Å². The normalized spacial score (nSPS) is 9.40. The van der Waals surface area contributed by atoms with Crippen LogP contribution in [0.25, 0.3) is 0 Å². The summed E-state index contributed by atoms with van der Waals surface area (Å²) in [5.74, 6) is 0.247. The third-order valence-electron chi connectivity index (χ3n) is 3.12. The minimum atomic E-state index is 0.123. The van der Waals surface area contributed by atoms with E-state index in [1.807, 2.05) is 0 Å². The smallest absolute Gasteiger partial charge is 0.163 e. The number of carbonyl (C=O) groups is 2. The van der Waals surface area contributed by atoms with Gasteiger partial charge in [-0.1, -0.05) is 51.7 Å². The largest absolute Gasteiger partial charge is 0.294 e. The summed E-state index contributed by atoms with van der Waals surface area (Å²) in [4.78, 5) is 22.3. The molecule has 0 saturated carbocycles. The van der Waals surface area contributed by atoms with Crippen molar-refractivity contribution in [3.63, 3.8) is 0 Å². The maximum atomic E-state index is 11.2. The van der Waals surface area contributed by atoms with Gasteiger partial charge in [-0.05, 0) is 12.8 Å². The van der Waals surface area contributed by atoms with Crippen molar-refractivity contribution in [3.05, 3.63) is 36.8 Å². The molecule has 2 nitrogen and oxygen atoms in total. The van der Waals surface area contributed by atoms with Crippen LogP contribution in [-0.2, 0) is 9.59 Å². The lowest BCUT2D eigenvalue weighted by Crippen LogP contribution is -1.92. The standard InChI is InChI=1S/C18H26O2/c1-3-13-17(19)15-11-9-7-5-6-8-10-12-16-18(20)14-4-2/h13-14H,1-2,5-12,15-16H2. The van der Waals surface area contributed by atoms with E-state index in [4.69, 9.17) is 0 Å². The molecule has 2 heteroatoms. The first-order valence-electron chi connectivity index (χ1n) is 7.48. The second-order valence-corrected chi connectivity index (χ2v) is 4.96. The van der Waals surface area contributed by atoms with Crippen molar-refractivity contribution in [2.45, 2.75) is 64.2 Å². The third kappa shape index (κ3) is 12.8. The van der Waals surface area contributed by atoms with E-state index in [0.29, 0.717) is 12.8 Å². The summed E-state index contributed by atoms with van der Waals surface area (Å²) in [6.45, 7) is 6.77. The molecule has 0 N–H and O–H groups in total. The van der Waals surface area contributed by atoms with Gasteiger partial charge in [0.05, 0.1) is 0 Å². The van der Waals surface area contributed by atoms with Gasteiger partial charge in [-0.15, -0.1) is 11.5 Å². The van der Waals surface area contributed by atoms with Crippen molar-refractivity contribution >= 4 is 11.6 Å². The molecular weight excluding hydrogens is 248 g/mol. The fourth-order valence-corrected chi connectivity index (χ4v) is 2.03. The van der Waals surface area contributed by atoms with Gasteiger partial charge in [0.2, 0.25) is 0 Å². The minimum Gasteiger partial charge on any atom is -0.294 e. The van der Waals surface area contributed by atoms with Gasteiger partial charge >= 0.3 is 0 Å². The number of hydrogen-bond donors (Lipinski definition) is 0. The molecule has 0 radical (unpaired) electrons. The molecule has 0 aromatic rings. The molecule has 110 valence electrons. The van der Waals surface area contributed by atoms with Crippen molar-refractivity contribution in [1.82, 2.24) is 0 Å². The molecule has 0 fully saturated rings. The summed E-state index contributed by atoms with van der Waals surface area (Å²) >= 11 is 0. The van der Waals surface area contributed by atoms with E-state index < -0.39 is 0 Å². The second kappa shape index (κ2) is 13.8. The van der Waals surface area contributed by atoms with Crippen molar-refractivity contribution < 1.29 is 9.59 Å². The van der Waals surface area contributed by atoms with E-state index in [2.05, 4.69) is 24.6 Å². The Labute approximate surface area is 123 Å². The molecule has 0 atom stereocenters. The average Bonchev–Trinajstić information content (AvgIpc) is 2.41. The van der Waals surface area contributed by atoms with Gasteiger partial charge in [-0.2, -0.15) is 0 Å². The molecular formula is C18H26O2. The van der Waals surface area contributed by atoms with Gasteiger partial charge in [0.1, 0.15) is 0 Å². The van der Waals surface area contributed by atoms with Gasteiger partial charge in [-0.3, -0.25) is 9.59 Å². The lowest BCUT2D eigenvalue weighted by Gasteiger charge is -2.01.